The maximum Gasteiger partial charge on any atom is 0.338 e. The lowest BCUT2D eigenvalue weighted by atomic mass is 9.99. The number of carbonyl (C=O) groups excluding carboxylic acids is 2. The number of ether oxygens (including phenoxy) is 2. The summed E-state index contributed by atoms with van der Waals surface area (Å²) in [5.74, 6) is -0.809. The summed E-state index contributed by atoms with van der Waals surface area (Å²) in [6.45, 7) is 4.11. The van der Waals surface area contributed by atoms with Crippen molar-refractivity contribution < 1.29 is 19.1 Å². The highest BCUT2D eigenvalue weighted by Crippen LogP contribution is 2.27. The lowest BCUT2D eigenvalue weighted by Gasteiger charge is -2.10. The van der Waals surface area contributed by atoms with E-state index in [9.17, 15) is 9.59 Å². The Hall–Kier alpha value is -1.88. The Balaban J connectivity index is 2.64. The standard InChI is InChI=1S/C16H15BrO4/c1-3-20-15(18)12-7-8-13(16(19)21-4-2)14-9-10(17)5-6-11(12)14/h5-9H,3-4H2,1-2H3. The van der Waals surface area contributed by atoms with Crippen LogP contribution < -0.4 is 0 Å². The van der Waals surface area contributed by atoms with Crippen LogP contribution in [-0.4, -0.2) is 25.2 Å². The van der Waals surface area contributed by atoms with Crippen molar-refractivity contribution in [2.75, 3.05) is 13.2 Å². The molecule has 0 heterocycles. The van der Waals surface area contributed by atoms with Crippen molar-refractivity contribution in [2.45, 2.75) is 13.8 Å². The van der Waals surface area contributed by atoms with E-state index >= 15 is 0 Å². The lowest BCUT2D eigenvalue weighted by Crippen LogP contribution is -2.09. The van der Waals surface area contributed by atoms with Gasteiger partial charge in [-0.25, -0.2) is 9.59 Å². The highest BCUT2D eigenvalue weighted by Gasteiger charge is 2.17. The summed E-state index contributed by atoms with van der Waals surface area (Å²) >= 11 is 3.38. The number of hydrogen-bond donors (Lipinski definition) is 0. The molecule has 0 aliphatic rings. The maximum atomic E-state index is 12.0. The molecule has 2 aromatic carbocycles. The summed E-state index contributed by atoms with van der Waals surface area (Å²) in [6.07, 6.45) is 0. The van der Waals surface area contributed by atoms with Crippen LogP contribution in [0.15, 0.2) is 34.8 Å². The molecule has 2 rings (SSSR count). The first-order valence-electron chi connectivity index (χ1n) is 6.65. The monoisotopic (exact) mass is 350 g/mol. The predicted molar refractivity (Wildman–Crippen MR) is 83.6 cm³/mol. The van der Waals surface area contributed by atoms with Crippen molar-refractivity contribution in [3.05, 3.63) is 45.9 Å². The zero-order chi connectivity index (χ0) is 15.4. The average Bonchev–Trinajstić information content (AvgIpc) is 2.46. The van der Waals surface area contributed by atoms with E-state index in [4.69, 9.17) is 9.47 Å². The molecule has 110 valence electrons. The van der Waals surface area contributed by atoms with Crippen LogP contribution in [0.5, 0.6) is 0 Å². The van der Waals surface area contributed by atoms with Crippen molar-refractivity contribution in [3.63, 3.8) is 0 Å². The van der Waals surface area contributed by atoms with Crippen LogP contribution in [0.1, 0.15) is 34.6 Å². The van der Waals surface area contributed by atoms with E-state index in [2.05, 4.69) is 15.9 Å². The first-order chi connectivity index (χ1) is 10.1. The van der Waals surface area contributed by atoms with Gasteiger partial charge in [0.25, 0.3) is 0 Å². The fourth-order valence-electron chi connectivity index (χ4n) is 2.09. The SMILES string of the molecule is CCOC(=O)c1ccc(C(=O)OCC)c2cc(Br)ccc12. The highest BCUT2D eigenvalue weighted by atomic mass is 79.9. The maximum absolute atomic E-state index is 12.0. The topological polar surface area (TPSA) is 52.6 Å². The van der Waals surface area contributed by atoms with Crippen molar-refractivity contribution >= 4 is 38.6 Å². The van der Waals surface area contributed by atoms with Gasteiger partial charge in [-0.15, -0.1) is 0 Å². The van der Waals surface area contributed by atoms with E-state index in [1.807, 2.05) is 6.07 Å². The Bertz CT molecular complexity index is 694. The number of halogens is 1. The van der Waals surface area contributed by atoms with Gasteiger partial charge in [0.15, 0.2) is 0 Å². The van der Waals surface area contributed by atoms with Gasteiger partial charge in [0.1, 0.15) is 0 Å². The quantitative estimate of drug-likeness (QED) is 0.783. The summed E-state index contributed by atoms with van der Waals surface area (Å²) in [5, 5.41) is 1.33. The van der Waals surface area contributed by atoms with Crippen LogP contribution in [0.25, 0.3) is 10.8 Å². The molecule has 0 radical (unpaired) electrons. The molecule has 4 nitrogen and oxygen atoms in total. The molecule has 0 spiro atoms. The second-order valence-corrected chi connectivity index (χ2v) is 5.21. The summed E-state index contributed by atoms with van der Waals surface area (Å²) in [4.78, 5) is 24.0. The van der Waals surface area contributed by atoms with Gasteiger partial charge in [-0.2, -0.15) is 0 Å². The van der Waals surface area contributed by atoms with E-state index in [0.29, 0.717) is 35.1 Å². The normalized spacial score (nSPS) is 10.4. The average molecular weight is 351 g/mol. The molecule has 5 heteroatoms. The van der Waals surface area contributed by atoms with E-state index in [1.165, 1.54) is 0 Å². The molecule has 0 fully saturated rings. The third-order valence-corrected chi connectivity index (χ3v) is 3.46. The molecule has 21 heavy (non-hydrogen) atoms. The van der Waals surface area contributed by atoms with Crippen LogP contribution in [0.3, 0.4) is 0 Å². The highest BCUT2D eigenvalue weighted by molar-refractivity contribution is 9.10. The van der Waals surface area contributed by atoms with E-state index in [0.717, 1.165) is 4.47 Å². The number of esters is 2. The number of rotatable bonds is 4. The minimum atomic E-state index is -0.406. The summed E-state index contributed by atoms with van der Waals surface area (Å²) in [6, 6.07) is 8.60. The molecule has 0 amide bonds. The number of benzene rings is 2. The Morgan fingerprint density at radius 3 is 1.95 bits per heavy atom. The van der Waals surface area contributed by atoms with E-state index in [1.54, 1.807) is 38.1 Å². The molecule has 0 saturated carbocycles. The fraction of sp³-hybridized carbons (Fsp3) is 0.250. The fourth-order valence-corrected chi connectivity index (χ4v) is 2.46. The Morgan fingerprint density at radius 1 is 0.905 bits per heavy atom. The minimum absolute atomic E-state index is 0.300. The van der Waals surface area contributed by atoms with Gasteiger partial charge in [-0.3, -0.25) is 0 Å². The molecule has 0 N–H and O–H groups in total. The summed E-state index contributed by atoms with van der Waals surface area (Å²) in [5.41, 5.74) is 0.869. The van der Waals surface area contributed by atoms with Gasteiger partial charge >= 0.3 is 11.9 Å². The summed E-state index contributed by atoms with van der Waals surface area (Å²) < 4.78 is 10.9. The third kappa shape index (κ3) is 3.24. The molecular formula is C16H15BrO4. The number of carbonyl (C=O) groups is 2. The van der Waals surface area contributed by atoms with Crippen LogP contribution in [0.4, 0.5) is 0 Å². The Labute approximate surface area is 131 Å². The largest absolute Gasteiger partial charge is 0.462 e. The molecule has 0 bridgehead atoms. The molecule has 0 atom stereocenters. The van der Waals surface area contributed by atoms with Gasteiger partial charge in [0.05, 0.1) is 24.3 Å². The van der Waals surface area contributed by atoms with Crippen molar-refractivity contribution in [2.24, 2.45) is 0 Å². The zero-order valence-electron chi connectivity index (χ0n) is 11.8. The third-order valence-electron chi connectivity index (χ3n) is 2.97. The molecule has 0 aliphatic heterocycles. The van der Waals surface area contributed by atoms with Gasteiger partial charge in [-0.1, -0.05) is 22.0 Å². The van der Waals surface area contributed by atoms with E-state index in [-0.39, 0.29) is 0 Å². The minimum Gasteiger partial charge on any atom is -0.462 e. The molecule has 0 aromatic heterocycles. The number of fused-ring (bicyclic) bond motifs is 1. The number of hydrogen-bond acceptors (Lipinski definition) is 4. The van der Waals surface area contributed by atoms with Gasteiger partial charge < -0.3 is 9.47 Å². The molecule has 0 aliphatic carbocycles. The van der Waals surface area contributed by atoms with Crippen LogP contribution in [-0.2, 0) is 9.47 Å². The smallest absolute Gasteiger partial charge is 0.338 e. The first-order valence-corrected chi connectivity index (χ1v) is 7.44. The van der Waals surface area contributed by atoms with Crippen molar-refractivity contribution in [1.29, 1.82) is 0 Å². The molecular weight excluding hydrogens is 336 g/mol. The van der Waals surface area contributed by atoms with Gasteiger partial charge in [0.2, 0.25) is 0 Å². The summed E-state index contributed by atoms with van der Waals surface area (Å²) in [7, 11) is 0. The predicted octanol–water partition coefficient (Wildman–Crippen LogP) is 3.96. The lowest BCUT2D eigenvalue weighted by molar-refractivity contribution is 0.0515. The van der Waals surface area contributed by atoms with Crippen LogP contribution >= 0.6 is 15.9 Å². The Kier molecular flexibility index (Phi) is 4.96. The first kappa shape index (κ1) is 15.5. The Morgan fingerprint density at radius 2 is 1.43 bits per heavy atom. The molecule has 2 aromatic rings. The zero-order valence-corrected chi connectivity index (χ0v) is 13.4. The van der Waals surface area contributed by atoms with Crippen LogP contribution in [0, 0.1) is 0 Å². The second-order valence-electron chi connectivity index (χ2n) is 4.29. The molecule has 0 unspecified atom stereocenters. The van der Waals surface area contributed by atoms with Crippen LogP contribution in [0.2, 0.25) is 0 Å². The van der Waals surface area contributed by atoms with Gasteiger partial charge in [-0.05, 0) is 48.9 Å². The van der Waals surface area contributed by atoms with Crippen molar-refractivity contribution in [1.82, 2.24) is 0 Å². The van der Waals surface area contributed by atoms with Crippen molar-refractivity contribution in [3.8, 4) is 0 Å². The second kappa shape index (κ2) is 6.72. The molecule has 0 saturated heterocycles. The van der Waals surface area contributed by atoms with Gasteiger partial charge in [0, 0.05) is 4.47 Å². The van der Waals surface area contributed by atoms with E-state index < -0.39 is 11.9 Å².